The third kappa shape index (κ3) is 2.02. The van der Waals surface area contributed by atoms with Crippen molar-refractivity contribution in [3.8, 4) is 0 Å². The Balaban J connectivity index is 2.68. The van der Waals surface area contributed by atoms with Crippen LogP contribution in [-0.4, -0.2) is 19.5 Å². The number of rotatable bonds is 4. The molecule has 0 spiro atoms. The molecule has 0 bridgehead atoms. The first-order valence-electron chi connectivity index (χ1n) is 5.89. The van der Waals surface area contributed by atoms with Gasteiger partial charge >= 0.3 is 5.69 Å². The van der Waals surface area contributed by atoms with E-state index in [-0.39, 0.29) is 5.69 Å². The Morgan fingerprint density at radius 1 is 1.24 bits per heavy atom. The van der Waals surface area contributed by atoms with Crippen LogP contribution in [0.4, 0.5) is 0 Å². The summed E-state index contributed by atoms with van der Waals surface area (Å²) in [6, 6.07) is 0. The van der Waals surface area contributed by atoms with E-state index in [9.17, 15) is 9.59 Å². The maximum Gasteiger partial charge on any atom is 0.330 e. The van der Waals surface area contributed by atoms with E-state index < -0.39 is 5.56 Å². The number of unbranched alkanes of at least 4 members (excludes halogenated alkanes) is 1. The minimum Gasteiger partial charge on any atom is -0.336 e. The fourth-order valence-corrected chi connectivity index (χ4v) is 1.78. The van der Waals surface area contributed by atoms with Crippen LogP contribution >= 0.6 is 0 Å². The highest BCUT2D eigenvalue weighted by molar-refractivity contribution is 5.69. The van der Waals surface area contributed by atoms with E-state index in [4.69, 9.17) is 0 Å². The van der Waals surface area contributed by atoms with Gasteiger partial charge < -0.3 is 4.98 Å². The largest absolute Gasteiger partial charge is 0.336 e. The monoisotopic (exact) mass is 236 g/mol. The highest BCUT2D eigenvalue weighted by atomic mass is 16.2. The number of nitrogens with one attached hydrogen (secondary N) is 2. The lowest BCUT2D eigenvalue weighted by Gasteiger charge is -2.03. The second kappa shape index (κ2) is 4.57. The maximum atomic E-state index is 11.7. The molecule has 0 fully saturated rings. The molecule has 92 valence electrons. The first-order chi connectivity index (χ1) is 8.17. The first-order valence-corrected chi connectivity index (χ1v) is 5.89. The van der Waals surface area contributed by atoms with E-state index >= 15 is 0 Å². The quantitative estimate of drug-likeness (QED) is 0.822. The van der Waals surface area contributed by atoms with Crippen molar-refractivity contribution < 1.29 is 0 Å². The lowest BCUT2D eigenvalue weighted by molar-refractivity contribution is 0.613. The van der Waals surface area contributed by atoms with E-state index in [1.165, 1.54) is 4.57 Å². The predicted octanol–water partition coefficient (Wildman–Crippen LogP) is 0.775. The Morgan fingerprint density at radius 3 is 2.65 bits per heavy atom. The van der Waals surface area contributed by atoms with Crippen LogP contribution in [0.1, 0.15) is 32.5 Å². The van der Waals surface area contributed by atoms with Crippen molar-refractivity contribution in [2.45, 2.75) is 39.7 Å². The molecule has 0 atom stereocenters. The molecule has 6 nitrogen and oxygen atoms in total. The van der Waals surface area contributed by atoms with Crippen molar-refractivity contribution in [2.75, 3.05) is 0 Å². The molecule has 0 saturated heterocycles. The van der Waals surface area contributed by atoms with Crippen molar-refractivity contribution >= 4 is 11.2 Å². The lowest BCUT2D eigenvalue weighted by atomic mass is 10.3. The summed E-state index contributed by atoms with van der Waals surface area (Å²) in [5.74, 6) is 0.723. The van der Waals surface area contributed by atoms with Crippen LogP contribution < -0.4 is 11.2 Å². The second-order valence-electron chi connectivity index (χ2n) is 4.00. The number of fused-ring (bicyclic) bond motifs is 1. The summed E-state index contributed by atoms with van der Waals surface area (Å²) in [5.41, 5.74) is 0.0663. The summed E-state index contributed by atoms with van der Waals surface area (Å²) in [6.45, 7) is 4.58. The van der Waals surface area contributed by atoms with E-state index in [0.717, 1.165) is 18.7 Å². The minimum absolute atomic E-state index is 0.384. The highest BCUT2D eigenvalue weighted by Crippen LogP contribution is 2.06. The third-order valence-corrected chi connectivity index (χ3v) is 2.75. The second-order valence-corrected chi connectivity index (χ2v) is 4.00. The molecular formula is C11H16N4O2. The van der Waals surface area contributed by atoms with Crippen LogP contribution in [0, 0.1) is 0 Å². The van der Waals surface area contributed by atoms with Crippen LogP contribution in [0.3, 0.4) is 0 Å². The molecule has 0 aliphatic heterocycles. The number of hydrogen-bond acceptors (Lipinski definition) is 3. The number of aromatic amines is 2. The molecule has 0 saturated carbocycles. The molecule has 2 aromatic rings. The molecule has 0 aliphatic rings. The Labute approximate surface area is 97.7 Å². The van der Waals surface area contributed by atoms with Crippen molar-refractivity contribution in [3.63, 3.8) is 0 Å². The van der Waals surface area contributed by atoms with Gasteiger partial charge in [-0.3, -0.25) is 14.3 Å². The smallest absolute Gasteiger partial charge is 0.330 e. The topological polar surface area (TPSA) is 83.5 Å². The van der Waals surface area contributed by atoms with E-state index in [0.29, 0.717) is 24.1 Å². The fourth-order valence-electron chi connectivity index (χ4n) is 1.78. The Bertz CT molecular complexity index is 635. The molecule has 17 heavy (non-hydrogen) atoms. The number of H-pyrrole nitrogens is 2. The van der Waals surface area contributed by atoms with Gasteiger partial charge in [0.25, 0.3) is 5.56 Å². The zero-order valence-electron chi connectivity index (χ0n) is 10.0. The predicted molar refractivity (Wildman–Crippen MR) is 65.3 cm³/mol. The van der Waals surface area contributed by atoms with Crippen LogP contribution in [0.25, 0.3) is 11.2 Å². The van der Waals surface area contributed by atoms with Gasteiger partial charge in [0.15, 0.2) is 5.65 Å². The van der Waals surface area contributed by atoms with Gasteiger partial charge in [0, 0.05) is 13.0 Å². The van der Waals surface area contributed by atoms with Gasteiger partial charge in [0.2, 0.25) is 0 Å². The molecule has 0 unspecified atom stereocenters. The van der Waals surface area contributed by atoms with Gasteiger partial charge in [-0.2, -0.15) is 0 Å². The molecule has 2 heterocycles. The average molecular weight is 236 g/mol. The Hall–Kier alpha value is -1.85. The summed E-state index contributed by atoms with van der Waals surface area (Å²) in [5, 5.41) is 0. The maximum absolute atomic E-state index is 11.7. The summed E-state index contributed by atoms with van der Waals surface area (Å²) in [6.07, 6.45) is 2.57. The normalized spacial score (nSPS) is 11.2. The number of nitrogens with zero attached hydrogens (tertiary/aromatic N) is 2. The zero-order chi connectivity index (χ0) is 12.4. The van der Waals surface area contributed by atoms with Crippen molar-refractivity contribution in [2.24, 2.45) is 0 Å². The van der Waals surface area contributed by atoms with E-state index in [2.05, 4.69) is 21.9 Å². The summed E-state index contributed by atoms with van der Waals surface area (Å²) >= 11 is 0. The number of aromatic nitrogens is 4. The van der Waals surface area contributed by atoms with Gasteiger partial charge in [0.1, 0.15) is 11.3 Å². The molecule has 0 aromatic carbocycles. The van der Waals surface area contributed by atoms with E-state index in [1.807, 2.05) is 6.92 Å². The van der Waals surface area contributed by atoms with Gasteiger partial charge in [-0.15, -0.1) is 0 Å². The molecule has 0 amide bonds. The minimum atomic E-state index is -0.398. The summed E-state index contributed by atoms with van der Waals surface area (Å²) in [4.78, 5) is 32.9. The molecule has 6 heteroatoms. The van der Waals surface area contributed by atoms with Gasteiger partial charge in [-0.05, 0) is 6.42 Å². The van der Waals surface area contributed by atoms with Crippen molar-refractivity contribution in [3.05, 3.63) is 26.7 Å². The lowest BCUT2D eigenvalue weighted by Crippen LogP contribution is -2.30. The summed E-state index contributed by atoms with van der Waals surface area (Å²) < 4.78 is 1.52. The van der Waals surface area contributed by atoms with Crippen molar-refractivity contribution in [1.29, 1.82) is 0 Å². The van der Waals surface area contributed by atoms with Crippen LogP contribution in [0.2, 0.25) is 0 Å². The molecular weight excluding hydrogens is 220 g/mol. The van der Waals surface area contributed by atoms with Crippen LogP contribution in [0.5, 0.6) is 0 Å². The molecule has 2 aromatic heterocycles. The first kappa shape index (κ1) is 11.6. The van der Waals surface area contributed by atoms with Gasteiger partial charge in [0.05, 0.1) is 0 Å². The molecule has 0 radical (unpaired) electrons. The summed E-state index contributed by atoms with van der Waals surface area (Å²) in [7, 11) is 0. The molecule has 2 N–H and O–H groups in total. The number of aryl methyl sites for hydroxylation is 2. The Morgan fingerprint density at radius 2 is 2.00 bits per heavy atom. The molecule has 2 rings (SSSR count). The highest BCUT2D eigenvalue weighted by Gasteiger charge is 2.11. The van der Waals surface area contributed by atoms with Gasteiger partial charge in [-0.25, -0.2) is 9.78 Å². The third-order valence-electron chi connectivity index (χ3n) is 2.75. The van der Waals surface area contributed by atoms with Crippen LogP contribution in [0.15, 0.2) is 9.59 Å². The SMILES string of the molecule is CCCCn1c(=O)[nH]c(=O)c2[nH]c(CC)nc21. The zero-order valence-corrected chi connectivity index (χ0v) is 10.0. The van der Waals surface area contributed by atoms with Crippen LogP contribution in [-0.2, 0) is 13.0 Å². The average Bonchev–Trinajstić information content (AvgIpc) is 2.73. The Kier molecular flexibility index (Phi) is 3.12. The number of imidazole rings is 1. The van der Waals surface area contributed by atoms with Gasteiger partial charge in [-0.1, -0.05) is 20.3 Å². The fraction of sp³-hybridized carbons (Fsp3) is 0.545. The number of hydrogen-bond donors (Lipinski definition) is 2. The molecule has 0 aliphatic carbocycles. The standard InChI is InChI=1S/C11H16N4O2/c1-3-5-6-15-9-8(10(16)14-11(15)17)12-7(4-2)13-9/h3-6H2,1-2H3,(H,12,13)(H,14,16,17). The van der Waals surface area contributed by atoms with E-state index in [1.54, 1.807) is 0 Å². The van der Waals surface area contributed by atoms with Crippen molar-refractivity contribution in [1.82, 2.24) is 19.5 Å².